The van der Waals surface area contributed by atoms with Crippen LogP contribution >= 0.6 is 0 Å². The van der Waals surface area contributed by atoms with Crippen LogP contribution in [0.1, 0.15) is 5.56 Å². The Balaban J connectivity index is 1.68. The second-order valence-corrected chi connectivity index (χ2v) is 5.25. The smallest absolute Gasteiger partial charge is 0.0897 e. The van der Waals surface area contributed by atoms with E-state index in [4.69, 9.17) is 5.11 Å². The van der Waals surface area contributed by atoms with Crippen LogP contribution in [-0.2, 0) is 0 Å². The zero-order valence-corrected chi connectivity index (χ0v) is 11.9. The van der Waals surface area contributed by atoms with Crippen LogP contribution in [0.4, 0.5) is 0 Å². The van der Waals surface area contributed by atoms with E-state index in [1.807, 2.05) is 18.2 Å². The van der Waals surface area contributed by atoms with Crippen molar-refractivity contribution in [3.05, 3.63) is 42.0 Å². The molecule has 0 aliphatic carbocycles. The zero-order valence-electron chi connectivity index (χ0n) is 11.9. The molecule has 2 rings (SSSR count). The Morgan fingerprint density at radius 2 is 1.70 bits per heavy atom. The number of aliphatic hydroxyl groups is 2. The van der Waals surface area contributed by atoms with Gasteiger partial charge in [-0.2, -0.15) is 0 Å². The van der Waals surface area contributed by atoms with Crippen LogP contribution in [-0.4, -0.2) is 72.0 Å². The van der Waals surface area contributed by atoms with Gasteiger partial charge in [0.15, 0.2) is 0 Å². The molecule has 1 aromatic carbocycles. The van der Waals surface area contributed by atoms with Crippen molar-refractivity contribution in [1.29, 1.82) is 0 Å². The van der Waals surface area contributed by atoms with Gasteiger partial charge >= 0.3 is 0 Å². The zero-order chi connectivity index (χ0) is 14.2. The molecule has 0 radical (unpaired) electrons. The molecule has 1 saturated heterocycles. The van der Waals surface area contributed by atoms with Crippen molar-refractivity contribution in [2.45, 2.75) is 6.10 Å². The highest BCUT2D eigenvalue weighted by Crippen LogP contribution is 2.05. The number of β-amino-alcohol motifs (C(OH)–C–C–N with tert-alkyl or cyclic N) is 1. The van der Waals surface area contributed by atoms with E-state index in [-0.39, 0.29) is 6.61 Å². The molecule has 4 heteroatoms. The van der Waals surface area contributed by atoms with Gasteiger partial charge in [-0.25, -0.2) is 0 Å². The largest absolute Gasteiger partial charge is 0.394 e. The van der Waals surface area contributed by atoms with E-state index in [9.17, 15) is 5.11 Å². The number of piperazine rings is 1. The Morgan fingerprint density at radius 3 is 2.35 bits per heavy atom. The van der Waals surface area contributed by atoms with Crippen molar-refractivity contribution < 1.29 is 10.2 Å². The maximum Gasteiger partial charge on any atom is 0.0897 e. The summed E-state index contributed by atoms with van der Waals surface area (Å²) < 4.78 is 0. The summed E-state index contributed by atoms with van der Waals surface area (Å²) in [5, 5.41) is 18.3. The monoisotopic (exact) mass is 276 g/mol. The van der Waals surface area contributed by atoms with Gasteiger partial charge in [-0.3, -0.25) is 9.80 Å². The standard InChI is InChI=1S/C16H24N2O2/c19-14-16(20)13-18-11-9-17(10-12-18)8-4-7-15-5-2-1-3-6-15/h1-7,16,19-20H,8-14H2/b7-4-. The number of hydrogen-bond donors (Lipinski definition) is 2. The molecule has 110 valence electrons. The SMILES string of the molecule is OCC(O)CN1CCN(C/C=C\c2ccccc2)CC1. The maximum absolute atomic E-state index is 9.43. The van der Waals surface area contributed by atoms with Crippen molar-refractivity contribution in [3.8, 4) is 0 Å². The van der Waals surface area contributed by atoms with E-state index < -0.39 is 6.10 Å². The van der Waals surface area contributed by atoms with Gasteiger partial charge in [-0.15, -0.1) is 0 Å². The number of aliphatic hydroxyl groups excluding tert-OH is 2. The quantitative estimate of drug-likeness (QED) is 0.802. The topological polar surface area (TPSA) is 46.9 Å². The number of benzene rings is 1. The van der Waals surface area contributed by atoms with Gasteiger partial charge in [0.2, 0.25) is 0 Å². The van der Waals surface area contributed by atoms with Crippen molar-refractivity contribution >= 4 is 6.08 Å². The molecule has 1 aliphatic heterocycles. The molecular formula is C16H24N2O2. The molecule has 4 nitrogen and oxygen atoms in total. The first-order chi connectivity index (χ1) is 9.78. The first-order valence-electron chi connectivity index (χ1n) is 7.23. The third-order valence-electron chi connectivity index (χ3n) is 3.62. The van der Waals surface area contributed by atoms with Gasteiger partial charge in [-0.05, 0) is 5.56 Å². The van der Waals surface area contributed by atoms with Crippen LogP contribution in [0.15, 0.2) is 36.4 Å². The lowest BCUT2D eigenvalue weighted by Gasteiger charge is -2.34. The minimum absolute atomic E-state index is 0.153. The van der Waals surface area contributed by atoms with Gasteiger partial charge in [-0.1, -0.05) is 42.5 Å². The molecule has 0 spiro atoms. The van der Waals surface area contributed by atoms with Crippen LogP contribution in [0.3, 0.4) is 0 Å². The highest BCUT2D eigenvalue weighted by atomic mass is 16.3. The van der Waals surface area contributed by atoms with Crippen LogP contribution in [0.5, 0.6) is 0 Å². The van der Waals surface area contributed by atoms with Crippen molar-refractivity contribution in [3.63, 3.8) is 0 Å². The van der Waals surface area contributed by atoms with Crippen LogP contribution in [0.2, 0.25) is 0 Å². The number of rotatable bonds is 6. The van der Waals surface area contributed by atoms with Crippen LogP contribution < -0.4 is 0 Å². The van der Waals surface area contributed by atoms with Crippen LogP contribution in [0, 0.1) is 0 Å². The second kappa shape index (κ2) is 8.17. The van der Waals surface area contributed by atoms with E-state index >= 15 is 0 Å². The Bertz CT molecular complexity index is 400. The fourth-order valence-corrected chi connectivity index (χ4v) is 2.41. The molecule has 1 aromatic rings. The summed E-state index contributed by atoms with van der Waals surface area (Å²) in [6, 6.07) is 10.3. The minimum Gasteiger partial charge on any atom is -0.394 e. The minimum atomic E-state index is -0.612. The Hall–Kier alpha value is -1.20. The molecule has 0 aromatic heterocycles. The van der Waals surface area contributed by atoms with E-state index in [1.165, 1.54) is 5.56 Å². The molecule has 1 atom stereocenters. The summed E-state index contributed by atoms with van der Waals surface area (Å²) in [7, 11) is 0. The molecule has 1 fully saturated rings. The van der Waals surface area contributed by atoms with Crippen molar-refractivity contribution in [2.75, 3.05) is 45.9 Å². The Labute approximate surface area is 120 Å². The van der Waals surface area contributed by atoms with Gasteiger partial charge in [0.25, 0.3) is 0 Å². The van der Waals surface area contributed by atoms with E-state index in [0.717, 1.165) is 32.7 Å². The molecule has 1 aliphatic rings. The van der Waals surface area contributed by atoms with Crippen molar-refractivity contribution in [1.82, 2.24) is 9.80 Å². The van der Waals surface area contributed by atoms with Gasteiger partial charge < -0.3 is 10.2 Å². The highest BCUT2D eigenvalue weighted by molar-refractivity contribution is 5.48. The molecule has 1 heterocycles. The molecule has 1 unspecified atom stereocenters. The van der Waals surface area contributed by atoms with Gasteiger partial charge in [0.05, 0.1) is 12.7 Å². The van der Waals surface area contributed by atoms with Crippen molar-refractivity contribution in [2.24, 2.45) is 0 Å². The lowest BCUT2D eigenvalue weighted by Crippen LogP contribution is -2.48. The first-order valence-corrected chi connectivity index (χ1v) is 7.23. The number of nitrogens with zero attached hydrogens (tertiary/aromatic N) is 2. The molecule has 20 heavy (non-hydrogen) atoms. The molecule has 0 amide bonds. The fraction of sp³-hybridized carbons (Fsp3) is 0.500. The van der Waals surface area contributed by atoms with Crippen LogP contribution in [0.25, 0.3) is 6.08 Å². The van der Waals surface area contributed by atoms with E-state index in [1.54, 1.807) is 0 Å². The summed E-state index contributed by atoms with van der Waals surface area (Å²) >= 11 is 0. The first kappa shape index (κ1) is 15.2. The normalized spacial score (nSPS) is 19.5. The van der Waals surface area contributed by atoms with E-state index in [0.29, 0.717) is 6.54 Å². The Kier molecular flexibility index (Phi) is 6.21. The maximum atomic E-state index is 9.43. The molecule has 0 bridgehead atoms. The number of hydrogen-bond acceptors (Lipinski definition) is 4. The average Bonchev–Trinajstić information content (AvgIpc) is 2.50. The van der Waals surface area contributed by atoms with Gasteiger partial charge in [0.1, 0.15) is 0 Å². The highest BCUT2D eigenvalue weighted by Gasteiger charge is 2.17. The lowest BCUT2D eigenvalue weighted by atomic mass is 10.2. The summed E-state index contributed by atoms with van der Waals surface area (Å²) in [6.45, 7) is 5.32. The molecule has 2 N–H and O–H groups in total. The van der Waals surface area contributed by atoms with Gasteiger partial charge in [0, 0.05) is 39.3 Å². The predicted molar refractivity (Wildman–Crippen MR) is 81.4 cm³/mol. The molecule has 0 saturated carbocycles. The summed E-state index contributed by atoms with van der Waals surface area (Å²) in [6.07, 6.45) is 3.75. The molecular weight excluding hydrogens is 252 g/mol. The fourth-order valence-electron chi connectivity index (χ4n) is 2.41. The third-order valence-corrected chi connectivity index (χ3v) is 3.62. The average molecular weight is 276 g/mol. The predicted octanol–water partition coefficient (Wildman–Crippen LogP) is 0.671. The third kappa shape index (κ3) is 5.06. The summed E-state index contributed by atoms with van der Waals surface area (Å²) in [4.78, 5) is 4.61. The lowest BCUT2D eigenvalue weighted by molar-refractivity contribution is 0.0414. The van der Waals surface area contributed by atoms with E-state index in [2.05, 4.69) is 34.1 Å². The second-order valence-electron chi connectivity index (χ2n) is 5.25. The summed E-state index contributed by atoms with van der Waals surface area (Å²) in [5.74, 6) is 0. The Morgan fingerprint density at radius 1 is 1.05 bits per heavy atom. The summed E-state index contributed by atoms with van der Waals surface area (Å²) in [5.41, 5.74) is 1.23.